The van der Waals surface area contributed by atoms with Gasteiger partial charge in [-0.2, -0.15) is 0 Å². The maximum absolute atomic E-state index is 15.5. The molecule has 3 heterocycles. The van der Waals surface area contributed by atoms with Crippen LogP contribution in [0.1, 0.15) is 23.3 Å². The van der Waals surface area contributed by atoms with Gasteiger partial charge in [0.15, 0.2) is 11.6 Å². The van der Waals surface area contributed by atoms with Crippen molar-refractivity contribution in [2.75, 3.05) is 57.3 Å². The van der Waals surface area contributed by atoms with Crippen molar-refractivity contribution in [2.24, 2.45) is 0 Å². The highest BCUT2D eigenvalue weighted by atomic mass is 19.1. The lowest BCUT2D eigenvalue weighted by molar-refractivity contribution is 0.0960. The highest BCUT2D eigenvalue weighted by Crippen LogP contribution is 2.42. The molecule has 2 N–H and O–H groups in total. The molecule has 0 bridgehead atoms. The van der Waals surface area contributed by atoms with Crippen LogP contribution in [0.4, 0.5) is 15.8 Å². The molecule has 2 aliphatic rings. The van der Waals surface area contributed by atoms with Gasteiger partial charge in [-0.25, -0.2) is 4.39 Å². The van der Waals surface area contributed by atoms with Crippen molar-refractivity contribution < 1.29 is 18.7 Å². The van der Waals surface area contributed by atoms with Crippen LogP contribution in [0.25, 0.3) is 10.9 Å². The first-order valence-electron chi connectivity index (χ1n) is 11.6. The number of rotatable bonds is 5. The average molecular weight is 482 g/mol. The van der Waals surface area contributed by atoms with E-state index in [0.29, 0.717) is 48.1 Å². The molecule has 10 heteroatoms. The fraction of sp³-hybridized carbons (Fsp3) is 0.360. The van der Waals surface area contributed by atoms with Gasteiger partial charge in [0.05, 0.1) is 29.7 Å². The largest absolute Gasteiger partial charge is 0.495 e. The van der Waals surface area contributed by atoms with Gasteiger partial charge in [-0.3, -0.25) is 20.4 Å². The predicted octanol–water partition coefficient (Wildman–Crippen LogP) is 2.61. The van der Waals surface area contributed by atoms with Crippen LogP contribution in [0.2, 0.25) is 0 Å². The molecule has 5 rings (SSSR count). The number of aromatic nitrogens is 1. The molecule has 1 aromatic heterocycles. The molecule has 1 fully saturated rings. The van der Waals surface area contributed by atoms with E-state index in [1.165, 1.54) is 19.4 Å². The van der Waals surface area contributed by atoms with Gasteiger partial charge in [0.2, 0.25) is 5.43 Å². The summed E-state index contributed by atoms with van der Waals surface area (Å²) in [5.41, 5.74) is 6.13. The minimum absolute atomic E-state index is 0.0913. The van der Waals surface area contributed by atoms with Gasteiger partial charge in [-0.15, -0.1) is 0 Å². The zero-order valence-corrected chi connectivity index (χ0v) is 19.9. The lowest BCUT2D eigenvalue weighted by Crippen LogP contribution is -2.45. The number of benzene rings is 2. The molecule has 0 saturated carbocycles. The molecule has 1 amide bonds. The number of hydrazine groups is 1. The minimum atomic E-state index is -0.629. The zero-order chi connectivity index (χ0) is 24.7. The lowest BCUT2D eigenvalue weighted by atomic mass is 10.0. The lowest BCUT2D eigenvalue weighted by Gasteiger charge is -2.37. The van der Waals surface area contributed by atoms with Crippen molar-refractivity contribution >= 4 is 28.2 Å². The van der Waals surface area contributed by atoms with Gasteiger partial charge in [0.25, 0.3) is 5.91 Å². The Bertz CT molecular complexity index is 1350. The predicted molar refractivity (Wildman–Crippen MR) is 132 cm³/mol. The van der Waals surface area contributed by atoms with E-state index in [-0.39, 0.29) is 17.0 Å². The van der Waals surface area contributed by atoms with Crippen molar-refractivity contribution in [3.05, 3.63) is 58.1 Å². The topological polar surface area (TPSA) is 88.1 Å². The number of para-hydroxylation sites is 2. The van der Waals surface area contributed by atoms with Crippen molar-refractivity contribution in [2.45, 2.75) is 13.0 Å². The third kappa shape index (κ3) is 4.03. The second kappa shape index (κ2) is 9.10. The first-order valence-corrected chi connectivity index (χ1v) is 11.6. The first kappa shape index (κ1) is 23.0. The zero-order valence-electron chi connectivity index (χ0n) is 19.9. The van der Waals surface area contributed by atoms with E-state index in [2.05, 4.69) is 15.8 Å². The number of anilines is 2. The molecule has 1 unspecified atom stereocenters. The van der Waals surface area contributed by atoms with Gasteiger partial charge in [-0.1, -0.05) is 12.1 Å². The van der Waals surface area contributed by atoms with Gasteiger partial charge >= 0.3 is 0 Å². The molecule has 0 spiro atoms. The maximum atomic E-state index is 15.5. The van der Waals surface area contributed by atoms with Gasteiger partial charge in [-0.05, 0) is 32.2 Å². The number of ether oxygens (including phenoxy) is 2. The number of piperazine rings is 1. The Morgan fingerprint density at radius 3 is 2.69 bits per heavy atom. The Kier molecular flexibility index (Phi) is 5.98. The Hall–Kier alpha value is -3.79. The molecule has 184 valence electrons. The Morgan fingerprint density at radius 2 is 1.94 bits per heavy atom. The van der Waals surface area contributed by atoms with Crippen LogP contribution in [0.5, 0.6) is 11.5 Å². The number of carbonyl (C=O) groups excluding carboxylic acids is 1. The van der Waals surface area contributed by atoms with Crippen LogP contribution >= 0.6 is 0 Å². The highest BCUT2D eigenvalue weighted by Gasteiger charge is 2.31. The summed E-state index contributed by atoms with van der Waals surface area (Å²) in [5.74, 6) is -0.263. The van der Waals surface area contributed by atoms with Crippen LogP contribution in [-0.4, -0.2) is 62.3 Å². The number of nitrogens with one attached hydrogen (secondary N) is 2. The molecule has 1 atom stereocenters. The average Bonchev–Trinajstić information content (AvgIpc) is 2.86. The summed E-state index contributed by atoms with van der Waals surface area (Å²) in [5, 5.41) is 0.117. The van der Waals surface area contributed by atoms with Crippen molar-refractivity contribution in [1.82, 2.24) is 14.9 Å². The third-order valence-corrected chi connectivity index (χ3v) is 6.62. The number of halogens is 1. The quantitative estimate of drug-likeness (QED) is 0.542. The number of hydrogen-bond acceptors (Lipinski definition) is 7. The maximum Gasteiger partial charge on any atom is 0.275 e. The summed E-state index contributed by atoms with van der Waals surface area (Å²) >= 11 is 0. The summed E-state index contributed by atoms with van der Waals surface area (Å²) in [6.45, 7) is 5.15. The standard InChI is InChI=1S/C25H28FN5O4/c1-15-14-35-24-21-16(12-18(26)22(24)30-10-8-29(2)9-11-30)23(32)17(13-31(15)21)25(33)28-27-19-6-4-5-7-20(19)34-3/h4-7,12-13,15,27H,8-11,14H2,1-3H3,(H,28,33). The first-order chi connectivity index (χ1) is 16.9. The molecule has 2 aromatic carbocycles. The Labute approximate surface area is 202 Å². The van der Waals surface area contributed by atoms with Gasteiger partial charge in [0, 0.05) is 32.4 Å². The molecule has 0 aliphatic carbocycles. The van der Waals surface area contributed by atoms with Gasteiger partial charge < -0.3 is 23.8 Å². The molecular weight excluding hydrogens is 453 g/mol. The second-order valence-corrected chi connectivity index (χ2v) is 8.94. The van der Waals surface area contributed by atoms with E-state index < -0.39 is 17.2 Å². The minimum Gasteiger partial charge on any atom is -0.495 e. The van der Waals surface area contributed by atoms with E-state index >= 15 is 4.39 Å². The monoisotopic (exact) mass is 481 g/mol. The van der Waals surface area contributed by atoms with E-state index in [4.69, 9.17) is 9.47 Å². The van der Waals surface area contributed by atoms with Crippen LogP contribution < -0.4 is 30.7 Å². The van der Waals surface area contributed by atoms with Crippen LogP contribution in [0, 0.1) is 5.82 Å². The SMILES string of the molecule is COc1ccccc1NNC(=O)c1cn2c3c(c(N4CCN(C)CC4)c(F)cc3c1=O)OCC2C. The van der Waals surface area contributed by atoms with Crippen LogP contribution in [-0.2, 0) is 0 Å². The molecule has 3 aromatic rings. The smallest absolute Gasteiger partial charge is 0.275 e. The van der Waals surface area contributed by atoms with Crippen LogP contribution in [0.15, 0.2) is 41.3 Å². The van der Waals surface area contributed by atoms with E-state index in [0.717, 1.165) is 13.1 Å². The van der Waals surface area contributed by atoms with E-state index in [1.807, 2.05) is 23.4 Å². The molecule has 0 radical (unpaired) electrons. The van der Waals surface area contributed by atoms with Crippen molar-refractivity contribution in [3.8, 4) is 11.5 Å². The number of methoxy groups -OCH3 is 1. The number of nitrogens with zero attached hydrogens (tertiary/aromatic N) is 3. The summed E-state index contributed by atoms with van der Waals surface area (Å²) in [7, 11) is 3.55. The molecule has 9 nitrogen and oxygen atoms in total. The number of carbonyl (C=O) groups is 1. The Morgan fingerprint density at radius 1 is 1.20 bits per heavy atom. The summed E-state index contributed by atoms with van der Waals surface area (Å²) in [4.78, 5) is 30.5. The van der Waals surface area contributed by atoms with Gasteiger partial charge in [0.1, 0.15) is 23.6 Å². The Balaban J connectivity index is 1.55. The number of pyridine rings is 1. The molecule has 35 heavy (non-hydrogen) atoms. The number of amides is 1. The molecule has 2 aliphatic heterocycles. The third-order valence-electron chi connectivity index (χ3n) is 6.62. The number of likely N-dealkylation sites (N-methyl/N-ethyl adjacent to an activating group) is 1. The fourth-order valence-electron chi connectivity index (χ4n) is 4.64. The normalized spacial score (nSPS) is 17.7. The summed E-state index contributed by atoms with van der Waals surface area (Å²) in [6, 6.07) is 8.15. The van der Waals surface area contributed by atoms with Crippen LogP contribution in [0.3, 0.4) is 0 Å². The molecule has 1 saturated heterocycles. The number of hydrogen-bond donors (Lipinski definition) is 2. The van der Waals surface area contributed by atoms with E-state index in [9.17, 15) is 9.59 Å². The summed E-state index contributed by atoms with van der Waals surface area (Å²) in [6.07, 6.45) is 1.53. The van der Waals surface area contributed by atoms with Crippen molar-refractivity contribution in [3.63, 3.8) is 0 Å². The van der Waals surface area contributed by atoms with E-state index in [1.54, 1.807) is 24.3 Å². The fourth-order valence-corrected chi connectivity index (χ4v) is 4.64. The highest BCUT2D eigenvalue weighted by molar-refractivity contribution is 6.00. The molecular formula is C25H28FN5O4. The summed E-state index contributed by atoms with van der Waals surface area (Å²) < 4.78 is 28.6. The van der Waals surface area contributed by atoms with Crippen molar-refractivity contribution in [1.29, 1.82) is 0 Å². The second-order valence-electron chi connectivity index (χ2n) is 8.94.